The van der Waals surface area contributed by atoms with Crippen LogP contribution in [0.3, 0.4) is 0 Å². The number of aromatic nitrogens is 2. The molecule has 1 aliphatic rings. The Bertz CT molecular complexity index is 820. The Kier molecular flexibility index (Phi) is 13.1. The molecule has 0 aromatic carbocycles. The van der Waals surface area contributed by atoms with Gasteiger partial charge in [-0.15, -0.1) is 0 Å². The summed E-state index contributed by atoms with van der Waals surface area (Å²) in [6.45, 7) is 6.45. The molecule has 1 aromatic heterocycles. The molecule has 1 fully saturated rings. The van der Waals surface area contributed by atoms with Gasteiger partial charge >= 0.3 is 5.69 Å². The largest absolute Gasteiger partial charge is 0.394 e. The molecule has 0 radical (unpaired) electrons. The van der Waals surface area contributed by atoms with E-state index in [1.165, 1.54) is 47.4 Å². The van der Waals surface area contributed by atoms with Crippen LogP contribution in [0.5, 0.6) is 0 Å². The summed E-state index contributed by atoms with van der Waals surface area (Å²) in [5.41, 5.74) is -0.324. The van der Waals surface area contributed by atoms with Crippen LogP contribution in [0.4, 0.5) is 0 Å². The Morgan fingerprint density at radius 3 is 2.15 bits per heavy atom. The standard InChI is InChI=1S/C26H46N2O6/c1-4-6-8-10-12-14-16-27-24(31)20(3)18-28(26(27)32)25-23(22(30)21(19-29)34-25)33-17-15-13-11-9-7-5-2/h18,21-23,25,29-30H,4-17,19H2,1-3H3/t21-,22-,23+,25-/m1/s1. The van der Waals surface area contributed by atoms with Crippen LogP contribution in [0.15, 0.2) is 15.8 Å². The van der Waals surface area contributed by atoms with Gasteiger partial charge in [0.15, 0.2) is 6.23 Å². The zero-order valence-electron chi connectivity index (χ0n) is 21.4. The number of aliphatic hydroxyl groups excluding tert-OH is 2. The first-order chi connectivity index (χ1) is 16.5. The number of ether oxygens (including phenoxy) is 2. The first-order valence-corrected chi connectivity index (χ1v) is 13.3. The molecule has 2 rings (SSSR count). The van der Waals surface area contributed by atoms with Crippen molar-refractivity contribution >= 4 is 0 Å². The van der Waals surface area contributed by atoms with Crippen molar-refractivity contribution in [2.75, 3.05) is 13.2 Å². The third-order valence-electron chi connectivity index (χ3n) is 6.68. The van der Waals surface area contributed by atoms with E-state index in [4.69, 9.17) is 9.47 Å². The van der Waals surface area contributed by atoms with E-state index in [0.717, 1.165) is 44.9 Å². The van der Waals surface area contributed by atoms with Crippen LogP contribution in [0.25, 0.3) is 0 Å². The van der Waals surface area contributed by atoms with Crippen molar-refractivity contribution in [3.63, 3.8) is 0 Å². The third kappa shape index (κ3) is 8.04. The number of hydrogen-bond acceptors (Lipinski definition) is 6. The first kappa shape index (κ1) is 28.8. The minimum atomic E-state index is -1.05. The van der Waals surface area contributed by atoms with Gasteiger partial charge in [-0.1, -0.05) is 78.1 Å². The average molecular weight is 483 g/mol. The number of hydrogen-bond donors (Lipinski definition) is 2. The molecule has 196 valence electrons. The SMILES string of the molecule is CCCCCCCCO[C@H]1[C@H](O)[C@@H](CO)O[C@H]1n1cc(C)c(=O)n(CCCCCCCC)c1=O. The molecular weight excluding hydrogens is 436 g/mol. The van der Waals surface area contributed by atoms with Crippen LogP contribution in [-0.4, -0.2) is 50.9 Å². The molecule has 1 aliphatic heterocycles. The lowest BCUT2D eigenvalue weighted by Gasteiger charge is -2.23. The molecule has 8 nitrogen and oxygen atoms in total. The average Bonchev–Trinajstić information content (AvgIpc) is 3.14. The maximum Gasteiger partial charge on any atom is 0.333 e. The molecule has 1 saturated heterocycles. The number of aliphatic hydroxyl groups is 2. The number of aryl methyl sites for hydroxylation is 1. The lowest BCUT2D eigenvalue weighted by molar-refractivity contribution is -0.0756. The van der Waals surface area contributed by atoms with Crippen molar-refractivity contribution in [2.24, 2.45) is 0 Å². The highest BCUT2D eigenvalue weighted by Crippen LogP contribution is 2.31. The molecule has 0 saturated carbocycles. The second kappa shape index (κ2) is 15.5. The molecule has 0 unspecified atom stereocenters. The fourth-order valence-electron chi connectivity index (χ4n) is 4.56. The van der Waals surface area contributed by atoms with Crippen molar-refractivity contribution < 1.29 is 19.7 Å². The smallest absolute Gasteiger partial charge is 0.333 e. The zero-order chi connectivity index (χ0) is 24.9. The summed E-state index contributed by atoms with van der Waals surface area (Å²) in [4.78, 5) is 26.0. The Morgan fingerprint density at radius 1 is 0.941 bits per heavy atom. The molecule has 8 heteroatoms. The summed E-state index contributed by atoms with van der Waals surface area (Å²) in [7, 11) is 0. The monoisotopic (exact) mass is 482 g/mol. The van der Waals surface area contributed by atoms with Crippen molar-refractivity contribution in [3.05, 3.63) is 32.6 Å². The van der Waals surface area contributed by atoms with Gasteiger partial charge in [0.25, 0.3) is 5.56 Å². The fourth-order valence-corrected chi connectivity index (χ4v) is 4.56. The van der Waals surface area contributed by atoms with E-state index in [1.54, 1.807) is 6.92 Å². The molecule has 0 amide bonds. The summed E-state index contributed by atoms with van der Waals surface area (Å²) in [5, 5.41) is 20.3. The van der Waals surface area contributed by atoms with Gasteiger partial charge in [-0.3, -0.25) is 13.9 Å². The van der Waals surface area contributed by atoms with E-state index in [9.17, 15) is 19.8 Å². The zero-order valence-corrected chi connectivity index (χ0v) is 21.4. The summed E-state index contributed by atoms with van der Waals surface area (Å²) in [5.74, 6) is 0. The summed E-state index contributed by atoms with van der Waals surface area (Å²) in [6, 6.07) is 0. The maximum absolute atomic E-state index is 13.3. The second-order valence-electron chi connectivity index (χ2n) is 9.57. The third-order valence-corrected chi connectivity index (χ3v) is 6.68. The Hall–Kier alpha value is -1.48. The van der Waals surface area contributed by atoms with Crippen LogP contribution in [0.2, 0.25) is 0 Å². The highest BCUT2D eigenvalue weighted by Gasteiger charge is 2.45. The van der Waals surface area contributed by atoms with E-state index in [0.29, 0.717) is 18.7 Å². The molecule has 2 heterocycles. The van der Waals surface area contributed by atoms with Crippen LogP contribution in [-0.2, 0) is 16.0 Å². The number of nitrogens with zero attached hydrogens (tertiary/aromatic N) is 2. The summed E-state index contributed by atoms with van der Waals surface area (Å²) >= 11 is 0. The minimum Gasteiger partial charge on any atom is -0.394 e. The predicted octanol–water partition coefficient (Wildman–Crippen LogP) is 3.68. The van der Waals surface area contributed by atoms with Crippen molar-refractivity contribution in [3.8, 4) is 0 Å². The number of rotatable bonds is 17. The van der Waals surface area contributed by atoms with E-state index in [1.807, 2.05) is 0 Å². The Labute approximate surface area is 203 Å². The van der Waals surface area contributed by atoms with Crippen molar-refractivity contribution in [1.82, 2.24) is 9.13 Å². The predicted molar refractivity (Wildman–Crippen MR) is 133 cm³/mol. The van der Waals surface area contributed by atoms with Crippen LogP contribution in [0.1, 0.15) is 103 Å². The fraction of sp³-hybridized carbons (Fsp3) is 0.846. The molecule has 4 atom stereocenters. The van der Waals surface area contributed by atoms with Gasteiger partial charge in [-0.25, -0.2) is 4.79 Å². The van der Waals surface area contributed by atoms with E-state index in [-0.39, 0.29) is 12.2 Å². The topological polar surface area (TPSA) is 103 Å². The quantitative estimate of drug-likeness (QED) is 0.328. The van der Waals surface area contributed by atoms with Crippen molar-refractivity contribution in [2.45, 2.75) is 129 Å². The van der Waals surface area contributed by atoms with Gasteiger partial charge in [-0.05, 0) is 19.8 Å². The molecular formula is C26H46N2O6. The van der Waals surface area contributed by atoms with E-state index in [2.05, 4.69) is 13.8 Å². The lowest BCUT2D eigenvalue weighted by Crippen LogP contribution is -2.45. The van der Waals surface area contributed by atoms with Gasteiger partial charge in [0, 0.05) is 24.9 Å². The molecule has 0 spiro atoms. The van der Waals surface area contributed by atoms with Gasteiger partial charge in [0.05, 0.1) is 6.61 Å². The van der Waals surface area contributed by atoms with Gasteiger partial charge in [-0.2, -0.15) is 0 Å². The van der Waals surface area contributed by atoms with Gasteiger partial charge in [0.2, 0.25) is 0 Å². The highest BCUT2D eigenvalue weighted by atomic mass is 16.6. The Balaban J connectivity index is 2.10. The summed E-state index contributed by atoms with van der Waals surface area (Å²) < 4.78 is 14.5. The van der Waals surface area contributed by atoms with E-state index < -0.39 is 30.2 Å². The molecule has 34 heavy (non-hydrogen) atoms. The van der Waals surface area contributed by atoms with Crippen LogP contribution >= 0.6 is 0 Å². The minimum absolute atomic E-state index is 0.295. The lowest BCUT2D eigenvalue weighted by atomic mass is 10.1. The normalized spacial score (nSPS) is 22.5. The molecule has 1 aromatic rings. The van der Waals surface area contributed by atoms with Crippen LogP contribution < -0.4 is 11.2 Å². The molecule has 0 aliphatic carbocycles. The maximum atomic E-state index is 13.3. The van der Waals surface area contributed by atoms with E-state index >= 15 is 0 Å². The first-order valence-electron chi connectivity index (χ1n) is 13.3. The second-order valence-corrected chi connectivity index (χ2v) is 9.57. The Morgan fingerprint density at radius 2 is 1.53 bits per heavy atom. The molecule has 2 N–H and O–H groups in total. The van der Waals surface area contributed by atoms with Crippen LogP contribution in [0, 0.1) is 6.92 Å². The highest BCUT2D eigenvalue weighted by molar-refractivity contribution is 5.05. The van der Waals surface area contributed by atoms with Crippen molar-refractivity contribution in [1.29, 1.82) is 0 Å². The van der Waals surface area contributed by atoms with Gasteiger partial charge < -0.3 is 19.7 Å². The number of unbranched alkanes of at least 4 members (excludes halogenated alkanes) is 10. The summed E-state index contributed by atoms with van der Waals surface area (Å²) in [6.07, 6.45) is 10.9. The molecule has 0 bridgehead atoms. The van der Waals surface area contributed by atoms with Gasteiger partial charge in [0.1, 0.15) is 18.3 Å².